The maximum Gasteiger partial charge on any atom is 0.417 e. The number of carbonyl (C=O) groups excluding carboxylic acids is 1. The molecule has 34 heavy (non-hydrogen) atoms. The molecule has 0 bridgehead atoms. The van der Waals surface area contributed by atoms with E-state index < -0.39 is 11.7 Å². The van der Waals surface area contributed by atoms with E-state index in [0.717, 1.165) is 55.5 Å². The number of rotatable bonds is 6. The average molecular weight is 470 g/mol. The van der Waals surface area contributed by atoms with Crippen LogP contribution in [0.3, 0.4) is 0 Å². The maximum absolute atomic E-state index is 12.7. The van der Waals surface area contributed by atoms with Gasteiger partial charge in [-0.3, -0.25) is 9.78 Å². The molecule has 2 heterocycles. The zero-order valence-electron chi connectivity index (χ0n) is 18.7. The van der Waals surface area contributed by atoms with Crippen LogP contribution in [0.15, 0.2) is 58.7 Å². The number of nitrogens with one attached hydrogen (secondary N) is 1. The van der Waals surface area contributed by atoms with Crippen LogP contribution in [0.1, 0.15) is 64.6 Å². The Hall–Kier alpha value is -3.49. The first-order valence-corrected chi connectivity index (χ1v) is 11.1. The van der Waals surface area contributed by atoms with Gasteiger partial charge in [0.05, 0.1) is 5.56 Å². The molecule has 1 saturated carbocycles. The van der Waals surface area contributed by atoms with Crippen molar-refractivity contribution in [2.24, 2.45) is 0 Å². The minimum atomic E-state index is -4.38. The third-order valence-corrected chi connectivity index (χ3v) is 5.77. The lowest BCUT2D eigenvalue weighted by molar-refractivity contribution is -0.137. The zero-order valence-corrected chi connectivity index (χ0v) is 18.7. The summed E-state index contributed by atoms with van der Waals surface area (Å²) < 4.78 is 43.4. The fourth-order valence-corrected chi connectivity index (χ4v) is 4.07. The third kappa shape index (κ3) is 6.30. The number of amides is 1. The van der Waals surface area contributed by atoms with E-state index in [1.165, 1.54) is 11.6 Å². The Bertz CT molecular complexity index is 1170. The van der Waals surface area contributed by atoms with E-state index in [4.69, 9.17) is 4.42 Å². The van der Waals surface area contributed by atoms with Gasteiger partial charge in [0.1, 0.15) is 0 Å². The largest absolute Gasteiger partial charge is 0.417 e. The number of benzene rings is 1. The molecule has 1 amide bonds. The van der Waals surface area contributed by atoms with E-state index in [9.17, 15) is 18.0 Å². The number of hydrogen-bond donors (Lipinski definition) is 1. The quantitative estimate of drug-likeness (QED) is 0.500. The Morgan fingerprint density at radius 2 is 2.03 bits per heavy atom. The minimum absolute atomic E-state index is 0.0204. The van der Waals surface area contributed by atoms with Gasteiger partial charge in [0, 0.05) is 31.3 Å². The van der Waals surface area contributed by atoms with Crippen LogP contribution in [0.4, 0.5) is 13.2 Å². The lowest BCUT2D eigenvalue weighted by Gasteiger charge is -2.24. The number of aryl methyl sites for hydroxylation is 1. The summed E-state index contributed by atoms with van der Waals surface area (Å²) in [6, 6.07) is 10.5. The molecule has 1 unspecified atom stereocenters. The number of halogens is 3. The van der Waals surface area contributed by atoms with Crippen molar-refractivity contribution in [1.82, 2.24) is 20.5 Å². The van der Waals surface area contributed by atoms with Crippen molar-refractivity contribution in [1.29, 1.82) is 0 Å². The van der Waals surface area contributed by atoms with Crippen molar-refractivity contribution in [2.45, 2.75) is 57.7 Å². The summed E-state index contributed by atoms with van der Waals surface area (Å²) in [4.78, 5) is 16.2. The summed E-state index contributed by atoms with van der Waals surface area (Å²) >= 11 is 0. The number of nitrogens with zero attached hydrogens (tertiary/aromatic N) is 3. The van der Waals surface area contributed by atoms with E-state index in [1.807, 2.05) is 18.2 Å². The Labute approximate surface area is 195 Å². The molecular formula is C25H25F3N4O2. The Balaban J connectivity index is 1.34. The van der Waals surface area contributed by atoms with Crippen molar-refractivity contribution in [3.63, 3.8) is 0 Å². The van der Waals surface area contributed by atoms with Crippen LogP contribution in [0.5, 0.6) is 0 Å². The molecule has 0 radical (unpaired) electrons. The second kappa shape index (κ2) is 10.2. The second-order valence-corrected chi connectivity index (χ2v) is 8.49. The van der Waals surface area contributed by atoms with Crippen molar-refractivity contribution in [3.8, 4) is 0 Å². The molecule has 0 aliphatic heterocycles. The van der Waals surface area contributed by atoms with Gasteiger partial charge >= 0.3 is 18.0 Å². The number of alkyl halides is 3. The van der Waals surface area contributed by atoms with Crippen LogP contribution in [0, 0.1) is 6.92 Å². The zero-order chi connectivity index (χ0) is 24.1. The summed E-state index contributed by atoms with van der Waals surface area (Å²) in [6.45, 7) is 1.64. The Kier molecular flexibility index (Phi) is 7.09. The van der Waals surface area contributed by atoms with Gasteiger partial charge in [0.2, 0.25) is 5.89 Å². The molecule has 4 rings (SSSR count). The van der Waals surface area contributed by atoms with Crippen molar-refractivity contribution in [2.75, 3.05) is 0 Å². The Morgan fingerprint density at radius 1 is 1.21 bits per heavy atom. The first-order chi connectivity index (χ1) is 16.3. The fraction of sp³-hybridized carbons (Fsp3) is 0.360. The Morgan fingerprint density at radius 3 is 2.74 bits per heavy atom. The van der Waals surface area contributed by atoms with E-state index in [0.29, 0.717) is 18.0 Å². The lowest BCUT2D eigenvalue weighted by Crippen LogP contribution is -2.36. The first kappa shape index (κ1) is 23.7. The third-order valence-electron chi connectivity index (χ3n) is 5.77. The normalized spacial score (nSPS) is 17.6. The van der Waals surface area contributed by atoms with Gasteiger partial charge < -0.3 is 9.73 Å². The van der Waals surface area contributed by atoms with Gasteiger partial charge in [-0.2, -0.15) is 13.2 Å². The molecule has 1 aliphatic rings. The number of allylic oxidation sites excluding steroid dienone is 1. The number of carbonyl (C=O) groups is 1. The van der Waals surface area contributed by atoms with Gasteiger partial charge in [0.15, 0.2) is 0 Å². The highest BCUT2D eigenvalue weighted by atomic mass is 19.4. The lowest BCUT2D eigenvalue weighted by atomic mass is 9.89. The van der Waals surface area contributed by atoms with Crippen LogP contribution in [-0.2, 0) is 19.0 Å². The van der Waals surface area contributed by atoms with Crippen molar-refractivity contribution < 1.29 is 22.4 Å². The molecule has 3 aromatic rings. The van der Waals surface area contributed by atoms with Crippen LogP contribution >= 0.6 is 0 Å². The summed E-state index contributed by atoms with van der Waals surface area (Å²) in [5.41, 5.74) is 3.24. The summed E-state index contributed by atoms with van der Waals surface area (Å²) in [6.07, 6.45) is 3.54. The monoisotopic (exact) mass is 470 g/mol. The van der Waals surface area contributed by atoms with Crippen molar-refractivity contribution >= 4 is 5.91 Å². The van der Waals surface area contributed by atoms with E-state index >= 15 is 0 Å². The highest BCUT2D eigenvalue weighted by Crippen LogP contribution is 2.28. The molecule has 6 nitrogen and oxygen atoms in total. The SMILES string of the molecule is Cc1nnc(C(=O)NC2CCCC(=CCc3cccc(Cc4ccc(C(F)(F)F)cn4)c3)C2)o1. The fourth-order valence-electron chi connectivity index (χ4n) is 4.07. The van der Waals surface area contributed by atoms with E-state index in [2.05, 4.69) is 32.6 Å². The molecule has 0 spiro atoms. The molecule has 9 heteroatoms. The maximum atomic E-state index is 12.7. The predicted molar refractivity (Wildman–Crippen MR) is 119 cm³/mol. The molecule has 1 N–H and O–H groups in total. The highest BCUT2D eigenvalue weighted by Gasteiger charge is 2.30. The van der Waals surface area contributed by atoms with Crippen molar-refractivity contribution in [3.05, 3.63) is 88.4 Å². The smallest absolute Gasteiger partial charge is 0.417 e. The molecule has 1 aliphatic carbocycles. The van der Waals surface area contributed by atoms with Gasteiger partial charge in [-0.05, 0) is 55.4 Å². The second-order valence-electron chi connectivity index (χ2n) is 8.49. The van der Waals surface area contributed by atoms with Crippen LogP contribution in [-0.4, -0.2) is 27.1 Å². The topological polar surface area (TPSA) is 80.9 Å². The van der Waals surface area contributed by atoms with Gasteiger partial charge in [0.25, 0.3) is 0 Å². The number of aromatic nitrogens is 3. The minimum Gasteiger partial charge on any atom is -0.417 e. The van der Waals surface area contributed by atoms with Crippen LogP contribution < -0.4 is 5.32 Å². The molecule has 1 aromatic carbocycles. The number of hydrogen-bond acceptors (Lipinski definition) is 5. The van der Waals surface area contributed by atoms with Crippen LogP contribution in [0.2, 0.25) is 0 Å². The molecule has 2 aromatic heterocycles. The molecule has 0 saturated heterocycles. The molecular weight excluding hydrogens is 445 g/mol. The standard InChI is InChI=1S/C25H25F3N4O2/c1-16-31-32-24(34-16)23(33)30-22-7-3-5-18(13-22)9-8-17-4-2-6-19(12-17)14-21-11-10-20(15-29-21)25(26,27)28/h2,4,6,9-12,15,22H,3,5,7-8,13-14H2,1H3,(H,30,33). The van der Waals surface area contributed by atoms with Gasteiger partial charge in [-0.25, -0.2) is 0 Å². The summed E-state index contributed by atoms with van der Waals surface area (Å²) in [5.74, 6) is -0.0184. The predicted octanol–water partition coefficient (Wildman–Crippen LogP) is 5.22. The molecule has 1 fully saturated rings. The van der Waals surface area contributed by atoms with Gasteiger partial charge in [-0.15, -0.1) is 10.2 Å². The summed E-state index contributed by atoms with van der Waals surface area (Å²) in [5, 5.41) is 10.4. The first-order valence-electron chi connectivity index (χ1n) is 11.1. The average Bonchev–Trinajstić information content (AvgIpc) is 3.25. The highest BCUT2D eigenvalue weighted by molar-refractivity contribution is 5.89. The summed E-state index contributed by atoms with van der Waals surface area (Å²) in [7, 11) is 0. The molecule has 1 atom stereocenters. The van der Waals surface area contributed by atoms with E-state index in [-0.39, 0.29) is 17.8 Å². The molecule has 178 valence electrons. The van der Waals surface area contributed by atoms with Gasteiger partial charge in [-0.1, -0.05) is 35.9 Å². The van der Waals surface area contributed by atoms with E-state index in [1.54, 1.807) is 6.92 Å². The number of pyridine rings is 1. The van der Waals surface area contributed by atoms with Crippen LogP contribution in [0.25, 0.3) is 0 Å².